The number of amides is 1. The van der Waals surface area contributed by atoms with Gasteiger partial charge in [0, 0.05) is 6.54 Å². The molecular weight excluding hydrogens is 210 g/mol. The normalized spacial score (nSPS) is 16.1. The molecule has 1 saturated heterocycles. The van der Waals surface area contributed by atoms with Crippen molar-refractivity contribution < 1.29 is 19.8 Å². The zero-order valence-corrected chi connectivity index (χ0v) is 8.72. The number of hydrogen-bond donors (Lipinski definition) is 2. The summed E-state index contributed by atoms with van der Waals surface area (Å²) < 4.78 is 0. The van der Waals surface area contributed by atoms with Crippen LogP contribution in [0.5, 0.6) is 11.5 Å². The molecule has 2 N–H and O–H groups in total. The quantitative estimate of drug-likeness (QED) is 0.752. The second-order valence-electron chi connectivity index (χ2n) is 3.62. The highest BCUT2D eigenvalue weighted by molar-refractivity contribution is 5.98. The molecule has 5 nitrogen and oxygen atoms in total. The number of carbonyl (C=O) groups excluding carboxylic acids is 1. The Balaban J connectivity index is 2.26. The number of phenols is 2. The summed E-state index contributed by atoms with van der Waals surface area (Å²) in [5.41, 5.74) is -0.107. The Morgan fingerprint density at radius 1 is 1.25 bits per heavy atom. The molecule has 5 heteroatoms. The predicted molar refractivity (Wildman–Crippen MR) is 56.0 cm³/mol. The summed E-state index contributed by atoms with van der Waals surface area (Å²) in [7, 11) is 0. The average Bonchev–Trinajstić information content (AvgIpc) is 2.30. The monoisotopic (exact) mass is 223 g/mol. The Bertz CT molecular complexity index is 379. The number of aromatic hydroxyl groups is 2. The molecule has 0 saturated carbocycles. The minimum absolute atomic E-state index is 0.107. The molecule has 0 spiro atoms. The van der Waals surface area contributed by atoms with Gasteiger partial charge in [-0.3, -0.25) is 9.63 Å². The first-order valence-electron chi connectivity index (χ1n) is 5.16. The van der Waals surface area contributed by atoms with Crippen LogP contribution in [0.25, 0.3) is 0 Å². The van der Waals surface area contributed by atoms with Gasteiger partial charge < -0.3 is 10.2 Å². The molecule has 16 heavy (non-hydrogen) atoms. The highest BCUT2D eigenvalue weighted by Gasteiger charge is 2.24. The van der Waals surface area contributed by atoms with Gasteiger partial charge in [0.15, 0.2) is 0 Å². The maximum Gasteiger partial charge on any atom is 0.284 e. The standard InChI is InChI=1S/C11H13NO4/c13-8-4-3-5-9(14)10(8)11(15)12-6-1-2-7-16-12/h3-5,13-14H,1-2,6-7H2. The van der Waals surface area contributed by atoms with Gasteiger partial charge in [0.2, 0.25) is 0 Å². The lowest BCUT2D eigenvalue weighted by atomic mass is 10.1. The van der Waals surface area contributed by atoms with E-state index in [4.69, 9.17) is 4.84 Å². The number of phenolic OH excluding ortho intramolecular Hbond substituents is 2. The first-order valence-corrected chi connectivity index (χ1v) is 5.16. The van der Waals surface area contributed by atoms with E-state index in [1.165, 1.54) is 23.3 Å². The average molecular weight is 223 g/mol. The van der Waals surface area contributed by atoms with E-state index in [0.717, 1.165) is 12.8 Å². The smallest absolute Gasteiger partial charge is 0.284 e. The number of nitrogens with zero attached hydrogens (tertiary/aromatic N) is 1. The van der Waals surface area contributed by atoms with Crippen LogP contribution in [-0.2, 0) is 4.84 Å². The summed E-state index contributed by atoms with van der Waals surface area (Å²) in [5.74, 6) is -0.978. The van der Waals surface area contributed by atoms with Crippen molar-refractivity contribution in [2.24, 2.45) is 0 Å². The first-order chi connectivity index (χ1) is 7.70. The van der Waals surface area contributed by atoms with Crippen LogP contribution in [0, 0.1) is 0 Å². The van der Waals surface area contributed by atoms with Crippen LogP contribution in [-0.4, -0.2) is 34.3 Å². The highest BCUT2D eigenvalue weighted by atomic mass is 16.7. The second kappa shape index (κ2) is 4.40. The molecule has 0 aromatic heterocycles. The number of rotatable bonds is 1. The molecule has 86 valence electrons. The van der Waals surface area contributed by atoms with Crippen molar-refractivity contribution in [3.63, 3.8) is 0 Å². The van der Waals surface area contributed by atoms with Crippen LogP contribution in [0.2, 0.25) is 0 Å². The van der Waals surface area contributed by atoms with Gasteiger partial charge in [0.05, 0.1) is 6.61 Å². The van der Waals surface area contributed by atoms with E-state index in [2.05, 4.69) is 0 Å². The number of hydrogen-bond acceptors (Lipinski definition) is 4. The van der Waals surface area contributed by atoms with E-state index >= 15 is 0 Å². The fourth-order valence-electron chi connectivity index (χ4n) is 1.63. The molecule has 1 aromatic rings. The van der Waals surface area contributed by atoms with E-state index < -0.39 is 5.91 Å². The van der Waals surface area contributed by atoms with Crippen molar-refractivity contribution in [1.29, 1.82) is 0 Å². The molecular formula is C11H13NO4. The molecule has 2 rings (SSSR count). The first kappa shape index (κ1) is 10.8. The molecule has 1 amide bonds. The molecule has 0 unspecified atom stereocenters. The third-order valence-electron chi connectivity index (χ3n) is 2.46. The van der Waals surface area contributed by atoms with Crippen LogP contribution in [0.15, 0.2) is 18.2 Å². The van der Waals surface area contributed by atoms with Crippen LogP contribution in [0.1, 0.15) is 23.2 Å². The lowest BCUT2D eigenvalue weighted by molar-refractivity contribution is -0.144. The van der Waals surface area contributed by atoms with Gasteiger partial charge in [-0.15, -0.1) is 0 Å². The van der Waals surface area contributed by atoms with E-state index in [9.17, 15) is 15.0 Å². The van der Waals surface area contributed by atoms with Crippen molar-refractivity contribution in [3.05, 3.63) is 23.8 Å². The van der Waals surface area contributed by atoms with Gasteiger partial charge in [0.25, 0.3) is 5.91 Å². The molecule has 0 aliphatic carbocycles. The van der Waals surface area contributed by atoms with Crippen molar-refractivity contribution in [2.75, 3.05) is 13.2 Å². The minimum Gasteiger partial charge on any atom is -0.507 e. The second-order valence-corrected chi connectivity index (χ2v) is 3.62. The molecule has 0 bridgehead atoms. The lowest BCUT2D eigenvalue weighted by Gasteiger charge is -2.26. The van der Waals surface area contributed by atoms with Crippen LogP contribution in [0.3, 0.4) is 0 Å². The lowest BCUT2D eigenvalue weighted by Crippen LogP contribution is -2.35. The van der Waals surface area contributed by atoms with Gasteiger partial charge in [-0.05, 0) is 25.0 Å². The van der Waals surface area contributed by atoms with Crippen molar-refractivity contribution in [2.45, 2.75) is 12.8 Å². The van der Waals surface area contributed by atoms with Crippen LogP contribution >= 0.6 is 0 Å². The van der Waals surface area contributed by atoms with Crippen LogP contribution in [0.4, 0.5) is 0 Å². The molecule has 0 atom stereocenters. The largest absolute Gasteiger partial charge is 0.507 e. The predicted octanol–water partition coefficient (Wildman–Crippen LogP) is 1.27. The maximum absolute atomic E-state index is 11.9. The Hall–Kier alpha value is -1.75. The van der Waals surface area contributed by atoms with Crippen molar-refractivity contribution in [3.8, 4) is 11.5 Å². The third-order valence-corrected chi connectivity index (χ3v) is 2.46. The fourth-order valence-corrected chi connectivity index (χ4v) is 1.63. The van der Waals surface area contributed by atoms with Gasteiger partial charge in [-0.2, -0.15) is 0 Å². The summed E-state index contributed by atoms with van der Waals surface area (Å²) >= 11 is 0. The Kier molecular flexibility index (Phi) is 2.96. The minimum atomic E-state index is -0.504. The van der Waals surface area contributed by atoms with Crippen LogP contribution < -0.4 is 0 Å². The third kappa shape index (κ3) is 1.94. The number of carbonyl (C=O) groups is 1. The number of hydroxylamine groups is 2. The summed E-state index contributed by atoms with van der Waals surface area (Å²) in [5, 5.41) is 20.2. The molecule has 1 heterocycles. The van der Waals surface area contributed by atoms with Crippen molar-refractivity contribution >= 4 is 5.91 Å². The maximum atomic E-state index is 11.9. The topological polar surface area (TPSA) is 70.0 Å². The molecule has 1 aromatic carbocycles. The Morgan fingerprint density at radius 2 is 1.94 bits per heavy atom. The summed E-state index contributed by atoms with van der Waals surface area (Å²) in [6.45, 7) is 0.965. The summed E-state index contributed by atoms with van der Waals surface area (Å²) in [6.07, 6.45) is 1.77. The summed E-state index contributed by atoms with van der Waals surface area (Å²) in [6, 6.07) is 4.19. The van der Waals surface area contributed by atoms with Gasteiger partial charge >= 0.3 is 0 Å². The Labute approximate surface area is 92.8 Å². The molecule has 1 aliphatic heterocycles. The van der Waals surface area contributed by atoms with Gasteiger partial charge in [-0.25, -0.2) is 5.06 Å². The zero-order valence-electron chi connectivity index (χ0n) is 8.72. The van der Waals surface area contributed by atoms with E-state index in [1.807, 2.05) is 0 Å². The fraction of sp³-hybridized carbons (Fsp3) is 0.364. The van der Waals surface area contributed by atoms with E-state index in [1.54, 1.807) is 0 Å². The molecule has 0 radical (unpaired) electrons. The highest BCUT2D eigenvalue weighted by Crippen LogP contribution is 2.28. The molecule has 1 aliphatic rings. The molecule has 1 fully saturated rings. The van der Waals surface area contributed by atoms with Gasteiger partial charge in [0.1, 0.15) is 17.1 Å². The summed E-state index contributed by atoms with van der Waals surface area (Å²) in [4.78, 5) is 17.1. The van der Waals surface area contributed by atoms with E-state index in [0.29, 0.717) is 13.2 Å². The van der Waals surface area contributed by atoms with E-state index in [-0.39, 0.29) is 17.1 Å². The SMILES string of the molecule is O=C(c1c(O)cccc1O)N1CCCCO1. The Morgan fingerprint density at radius 3 is 2.50 bits per heavy atom. The van der Waals surface area contributed by atoms with Crippen molar-refractivity contribution in [1.82, 2.24) is 5.06 Å². The number of benzene rings is 1. The zero-order chi connectivity index (χ0) is 11.5. The van der Waals surface area contributed by atoms with Gasteiger partial charge in [-0.1, -0.05) is 6.07 Å².